The van der Waals surface area contributed by atoms with Crippen LogP contribution in [0.3, 0.4) is 0 Å². The molecule has 0 bridgehead atoms. The highest BCUT2D eigenvalue weighted by Gasteiger charge is 2.15. The minimum atomic E-state index is -0.657. The Balaban J connectivity index is 2.31. The molecule has 0 aliphatic carbocycles. The van der Waals surface area contributed by atoms with Crippen LogP contribution in [0.5, 0.6) is 0 Å². The third-order valence-electron chi connectivity index (χ3n) is 2.57. The van der Waals surface area contributed by atoms with Gasteiger partial charge in [-0.2, -0.15) is 0 Å². The van der Waals surface area contributed by atoms with Crippen LogP contribution in [0.1, 0.15) is 15.9 Å². The number of anilines is 1. The Morgan fingerprint density at radius 1 is 1.00 bits per heavy atom. The van der Waals surface area contributed by atoms with Gasteiger partial charge in [-0.3, -0.25) is 4.79 Å². The molecule has 0 fully saturated rings. The maximum absolute atomic E-state index is 13.5. The van der Waals surface area contributed by atoms with Gasteiger partial charge in [0.1, 0.15) is 11.6 Å². The highest BCUT2D eigenvalue weighted by molar-refractivity contribution is 6.05. The molecule has 0 atom stereocenters. The molecule has 4 heteroatoms. The van der Waals surface area contributed by atoms with Gasteiger partial charge in [-0.25, -0.2) is 8.78 Å². The van der Waals surface area contributed by atoms with Gasteiger partial charge in [0.2, 0.25) is 0 Å². The van der Waals surface area contributed by atoms with Crippen LogP contribution in [0, 0.1) is 18.6 Å². The molecular weight excluding hydrogens is 236 g/mol. The van der Waals surface area contributed by atoms with Crippen LogP contribution in [0.2, 0.25) is 0 Å². The summed E-state index contributed by atoms with van der Waals surface area (Å²) in [5.74, 6) is -1.83. The van der Waals surface area contributed by atoms with Gasteiger partial charge in [-0.15, -0.1) is 0 Å². The van der Waals surface area contributed by atoms with Crippen molar-refractivity contribution in [3.05, 3.63) is 65.2 Å². The lowest BCUT2D eigenvalue weighted by molar-refractivity contribution is 0.102. The first-order valence-electron chi connectivity index (χ1n) is 5.40. The number of hydrogen-bond acceptors (Lipinski definition) is 1. The fourth-order valence-corrected chi connectivity index (χ4v) is 1.67. The zero-order valence-corrected chi connectivity index (χ0v) is 9.71. The third-order valence-corrected chi connectivity index (χ3v) is 2.57. The molecule has 0 unspecified atom stereocenters. The molecule has 1 N–H and O–H groups in total. The van der Waals surface area contributed by atoms with E-state index in [0.29, 0.717) is 5.56 Å². The van der Waals surface area contributed by atoms with Crippen molar-refractivity contribution >= 4 is 11.6 Å². The van der Waals surface area contributed by atoms with E-state index in [1.807, 2.05) is 0 Å². The quantitative estimate of drug-likeness (QED) is 0.864. The van der Waals surface area contributed by atoms with Crippen LogP contribution in [-0.4, -0.2) is 5.91 Å². The number of carbonyl (C=O) groups excluding carboxylic acids is 1. The molecular formula is C14H11F2NO. The molecule has 18 heavy (non-hydrogen) atoms. The normalized spacial score (nSPS) is 10.2. The van der Waals surface area contributed by atoms with Crippen LogP contribution in [0.25, 0.3) is 0 Å². The van der Waals surface area contributed by atoms with Crippen LogP contribution in [-0.2, 0) is 0 Å². The third kappa shape index (κ3) is 2.37. The standard InChI is InChI=1S/C14H11F2NO/c1-9-5-4-7-11(16)13(9)14(18)17-12-8-3-2-6-10(12)15/h2-8H,1H3,(H,17,18). The van der Waals surface area contributed by atoms with Gasteiger partial charge in [0.15, 0.2) is 0 Å². The predicted octanol–water partition coefficient (Wildman–Crippen LogP) is 3.53. The Morgan fingerprint density at radius 3 is 2.33 bits per heavy atom. The Hall–Kier alpha value is -2.23. The molecule has 0 spiro atoms. The molecule has 2 aromatic carbocycles. The molecule has 0 heterocycles. The van der Waals surface area contributed by atoms with E-state index in [0.717, 1.165) is 0 Å². The highest BCUT2D eigenvalue weighted by atomic mass is 19.1. The van der Waals surface area contributed by atoms with Crippen molar-refractivity contribution in [2.45, 2.75) is 6.92 Å². The summed E-state index contributed by atoms with van der Waals surface area (Å²) in [6.07, 6.45) is 0. The van der Waals surface area contributed by atoms with Crippen molar-refractivity contribution in [3.8, 4) is 0 Å². The Labute approximate surface area is 103 Å². The number of benzene rings is 2. The molecule has 2 rings (SSSR count). The molecule has 0 aromatic heterocycles. The molecule has 0 radical (unpaired) electrons. The zero-order valence-electron chi connectivity index (χ0n) is 9.71. The van der Waals surface area contributed by atoms with E-state index in [9.17, 15) is 13.6 Å². The van der Waals surface area contributed by atoms with Crippen molar-refractivity contribution in [2.24, 2.45) is 0 Å². The summed E-state index contributed by atoms with van der Waals surface area (Å²) in [6.45, 7) is 1.62. The second kappa shape index (κ2) is 4.96. The first-order valence-corrected chi connectivity index (χ1v) is 5.40. The van der Waals surface area contributed by atoms with E-state index in [1.54, 1.807) is 19.1 Å². The molecule has 2 nitrogen and oxygen atoms in total. The van der Waals surface area contributed by atoms with Gasteiger partial charge in [0, 0.05) is 0 Å². The lowest BCUT2D eigenvalue weighted by Gasteiger charge is -2.09. The second-order valence-corrected chi connectivity index (χ2v) is 3.87. The fourth-order valence-electron chi connectivity index (χ4n) is 1.67. The summed E-state index contributed by atoms with van der Waals surface area (Å²) in [4.78, 5) is 11.9. The Bertz CT molecular complexity index is 576. The number of nitrogens with one attached hydrogen (secondary N) is 1. The van der Waals surface area contributed by atoms with Gasteiger partial charge < -0.3 is 5.32 Å². The van der Waals surface area contributed by atoms with E-state index in [-0.39, 0.29) is 11.3 Å². The maximum Gasteiger partial charge on any atom is 0.258 e. The minimum Gasteiger partial charge on any atom is -0.319 e. The molecule has 1 amide bonds. The first-order chi connectivity index (χ1) is 8.59. The van der Waals surface area contributed by atoms with Crippen LogP contribution in [0.4, 0.5) is 14.5 Å². The van der Waals surface area contributed by atoms with Crippen LogP contribution < -0.4 is 5.32 Å². The molecule has 0 saturated heterocycles. The molecule has 0 aliphatic heterocycles. The summed E-state index contributed by atoms with van der Waals surface area (Å²) in [6, 6.07) is 10.1. The molecule has 0 saturated carbocycles. The number of rotatable bonds is 2. The minimum absolute atomic E-state index is 0.0325. The van der Waals surface area contributed by atoms with Gasteiger partial charge in [0.25, 0.3) is 5.91 Å². The highest BCUT2D eigenvalue weighted by Crippen LogP contribution is 2.17. The van der Waals surface area contributed by atoms with Gasteiger partial charge in [0.05, 0.1) is 11.3 Å². The maximum atomic E-state index is 13.5. The number of para-hydroxylation sites is 1. The van der Waals surface area contributed by atoms with Crippen molar-refractivity contribution in [1.29, 1.82) is 0 Å². The molecule has 92 valence electrons. The predicted molar refractivity (Wildman–Crippen MR) is 65.5 cm³/mol. The van der Waals surface area contributed by atoms with E-state index in [1.165, 1.54) is 30.3 Å². The number of halogens is 2. The number of carbonyl (C=O) groups is 1. The summed E-state index contributed by atoms with van der Waals surface area (Å²) in [5.41, 5.74) is 0.467. The Morgan fingerprint density at radius 2 is 1.67 bits per heavy atom. The lowest BCUT2D eigenvalue weighted by Crippen LogP contribution is -2.16. The van der Waals surface area contributed by atoms with Crippen molar-refractivity contribution in [3.63, 3.8) is 0 Å². The summed E-state index contributed by atoms with van der Waals surface area (Å²) < 4.78 is 26.9. The summed E-state index contributed by atoms with van der Waals surface area (Å²) in [5, 5.41) is 2.35. The van der Waals surface area contributed by atoms with E-state index in [4.69, 9.17) is 0 Å². The Kier molecular flexibility index (Phi) is 3.37. The average molecular weight is 247 g/mol. The van der Waals surface area contributed by atoms with Crippen LogP contribution in [0.15, 0.2) is 42.5 Å². The smallest absolute Gasteiger partial charge is 0.258 e. The number of amides is 1. The van der Waals surface area contributed by atoms with Crippen molar-refractivity contribution < 1.29 is 13.6 Å². The zero-order chi connectivity index (χ0) is 13.1. The van der Waals surface area contributed by atoms with E-state index >= 15 is 0 Å². The van der Waals surface area contributed by atoms with E-state index in [2.05, 4.69) is 5.32 Å². The summed E-state index contributed by atoms with van der Waals surface area (Å²) >= 11 is 0. The lowest BCUT2D eigenvalue weighted by atomic mass is 10.1. The second-order valence-electron chi connectivity index (χ2n) is 3.87. The topological polar surface area (TPSA) is 29.1 Å². The SMILES string of the molecule is Cc1cccc(F)c1C(=O)Nc1ccccc1F. The average Bonchev–Trinajstić information content (AvgIpc) is 2.32. The van der Waals surface area contributed by atoms with E-state index < -0.39 is 17.5 Å². The number of aryl methyl sites for hydroxylation is 1. The molecule has 2 aromatic rings. The number of hydrogen-bond donors (Lipinski definition) is 1. The van der Waals surface area contributed by atoms with Crippen molar-refractivity contribution in [2.75, 3.05) is 5.32 Å². The summed E-state index contributed by atoms with van der Waals surface area (Å²) in [7, 11) is 0. The van der Waals surface area contributed by atoms with Gasteiger partial charge >= 0.3 is 0 Å². The van der Waals surface area contributed by atoms with Gasteiger partial charge in [-0.1, -0.05) is 24.3 Å². The van der Waals surface area contributed by atoms with Gasteiger partial charge in [-0.05, 0) is 30.7 Å². The fraction of sp³-hybridized carbons (Fsp3) is 0.0714. The molecule has 0 aliphatic rings. The van der Waals surface area contributed by atoms with Crippen molar-refractivity contribution in [1.82, 2.24) is 0 Å². The van der Waals surface area contributed by atoms with Crippen LogP contribution >= 0.6 is 0 Å². The largest absolute Gasteiger partial charge is 0.319 e. The monoisotopic (exact) mass is 247 g/mol. The first kappa shape index (κ1) is 12.2.